The summed E-state index contributed by atoms with van der Waals surface area (Å²) in [4.78, 5) is 27.3. The summed E-state index contributed by atoms with van der Waals surface area (Å²) in [6, 6.07) is 3.39. The second-order valence-corrected chi connectivity index (χ2v) is 5.94. The van der Waals surface area contributed by atoms with Crippen molar-refractivity contribution in [2.75, 3.05) is 11.5 Å². The standard InChI is InChI=1S/C11H11BrN2O3S/c12-7-2-1-4-13-8(7)9(15)14-11(10(16)17)3-5-18-6-11/h1-2,4H,3,5-6H2,(H,14,15)(H,16,17). The number of nitrogens with zero attached hydrogens (tertiary/aromatic N) is 1. The Bertz CT molecular complexity index is 489. The number of thioether (sulfide) groups is 1. The third-order valence-corrected chi connectivity index (χ3v) is 4.59. The number of carboxylic acid groups (broad SMARTS) is 1. The molecule has 5 nitrogen and oxygen atoms in total. The molecule has 0 radical (unpaired) electrons. The Kier molecular flexibility index (Phi) is 3.91. The minimum Gasteiger partial charge on any atom is -0.479 e. The zero-order chi connectivity index (χ0) is 13.2. The van der Waals surface area contributed by atoms with E-state index in [1.165, 1.54) is 18.0 Å². The molecular weight excluding hydrogens is 320 g/mol. The van der Waals surface area contributed by atoms with Crippen LogP contribution in [0.15, 0.2) is 22.8 Å². The molecule has 1 aromatic heterocycles. The summed E-state index contributed by atoms with van der Waals surface area (Å²) in [5, 5.41) is 11.9. The number of nitrogens with one attached hydrogen (secondary N) is 1. The Labute approximate surface area is 116 Å². The minimum atomic E-state index is -1.17. The zero-order valence-corrected chi connectivity index (χ0v) is 11.8. The number of aliphatic carboxylic acids is 1. The van der Waals surface area contributed by atoms with E-state index in [0.29, 0.717) is 16.6 Å². The predicted octanol–water partition coefficient (Wildman–Crippen LogP) is 1.53. The lowest BCUT2D eigenvalue weighted by molar-refractivity contribution is -0.143. The minimum absolute atomic E-state index is 0.204. The summed E-state index contributed by atoms with van der Waals surface area (Å²) in [6.07, 6.45) is 1.93. The maximum atomic E-state index is 12.1. The number of carbonyl (C=O) groups is 2. The molecule has 2 heterocycles. The van der Waals surface area contributed by atoms with Crippen LogP contribution in [0.25, 0.3) is 0 Å². The largest absolute Gasteiger partial charge is 0.479 e. The topological polar surface area (TPSA) is 79.3 Å². The van der Waals surface area contributed by atoms with Crippen LogP contribution in [0, 0.1) is 0 Å². The van der Waals surface area contributed by atoms with Crippen molar-refractivity contribution >= 4 is 39.6 Å². The van der Waals surface area contributed by atoms with E-state index in [0.717, 1.165) is 5.75 Å². The first kappa shape index (κ1) is 13.4. The molecule has 18 heavy (non-hydrogen) atoms. The summed E-state index contributed by atoms with van der Waals surface area (Å²) >= 11 is 4.75. The third-order valence-electron chi connectivity index (χ3n) is 2.76. The second kappa shape index (κ2) is 5.27. The first-order valence-electron chi connectivity index (χ1n) is 5.29. The first-order chi connectivity index (χ1) is 8.55. The molecule has 0 saturated carbocycles. The summed E-state index contributed by atoms with van der Waals surface area (Å²) < 4.78 is 0.550. The first-order valence-corrected chi connectivity index (χ1v) is 7.24. The monoisotopic (exact) mass is 330 g/mol. The molecule has 0 aromatic carbocycles. The maximum absolute atomic E-state index is 12.1. The molecule has 1 aromatic rings. The lowest BCUT2D eigenvalue weighted by Crippen LogP contribution is -2.55. The van der Waals surface area contributed by atoms with Gasteiger partial charge in [0, 0.05) is 16.4 Å². The van der Waals surface area contributed by atoms with E-state index < -0.39 is 17.4 Å². The van der Waals surface area contributed by atoms with Gasteiger partial charge in [0.15, 0.2) is 0 Å². The third kappa shape index (κ3) is 2.51. The van der Waals surface area contributed by atoms with Gasteiger partial charge in [-0.25, -0.2) is 9.78 Å². The second-order valence-electron chi connectivity index (χ2n) is 3.98. The van der Waals surface area contributed by atoms with E-state index in [1.54, 1.807) is 12.1 Å². The average molecular weight is 331 g/mol. The van der Waals surface area contributed by atoms with Gasteiger partial charge in [-0.3, -0.25) is 4.79 Å². The van der Waals surface area contributed by atoms with Gasteiger partial charge in [0.05, 0.1) is 0 Å². The predicted molar refractivity (Wildman–Crippen MR) is 71.7 cm³/mol. The van der Waals surface area contributed by atoms with Crippen LogP contribution in [-0.4, -0.2) is 39.0 Å². The highest BCUT2D eigenvalue weighted by atomic mass is 79.9. The Morgan fingerprint density at radius 1 is 1.56 bits per heavy atom. The molecule has 1 aliphatic rings. The van der Waals surface area contributed by atoms with Crippen molar-refractivity contribution in [1.82, 2.24) is 10.3 Å². The molecule has 1 aliphatic heterocycles. The summed E-state index contributed by atoms with van der Waals surface area (Å²) in [5.41, 5.74) is -0.964. The van der Waals surface area contributed by atoms with Gasteiger partial charge < -0.3 is 10.4 Å². The van der Waals surface area contributed by atoms with Crippen LogP contribution in [0.2, 0.25) is 0 Å². The van der Waals surface area contributed by atoms with Crippen LogP contribution < -0.4 is 5.32 Å². The molecule has 2 N–H and O–H groups in total. The van der Waals surface area contributed by atoms with Gasteiger partial charge in [-0.15, -0.1) is 0 Å². The quantitative estimate of drug-likeness (QED) is 0.878. The van der Waals surface area contributed by atoms with Crippen molar-refractivity contribution in [3.8, 4) is 0 Å². The zero-order valence-electron chi connectivity index (χ0n) is 9.35. The number of carboxylic acids is 1. The molecule has 0 bridgehead atoms. The fourth-order valence-electron chi connectivity index (χ4n) is 1.71. The molecule has 1 fully saturated rings. The molecular formula is C11H11BrN2O3S. The highest BCUT2D eigenvalue weighted by Gasteiger charge is 2.43. The van der Waals surface area contributed by atoms with Crippen LogP contribution in [0.4, 0.5) is 0 Å². The van der Waals surface area contributed by atoms with E-state index >= 15 is 0 Å². The van der Waals surface area contributed by atoms with Gasteiger partial charge >= 0.3 is 5.97 Å². The molecule has 0 aliphatic carbocycles. The van der Waals surface area contributed by atoms with Crippen LogP contribution in [0.3, 0.4) is 0 Å². The van der Waals surface area contributed by atoms with Gasteiger partial charge in [-0.1, -0.05) is 0 Å². The summed E-state index contributed by atoms with van der Waals surface area (Å²) in [7, 11) is 0. The maximum Gasteiger partial charge on any atom is 0.330 e. The van der Waals surface area contributed by atoms with Gasteiger partial charge in [0.2, 0.25) is 0 Å². The highest BCUT2D eigenvalue weighted by Crippen LogP contribution is 2.29. The molecule has 96 valence electrons. The SMILES string of the molecule is O=C(NC1(C(=O)O)CCSC1)c1ncccc1Br. The lowest BCUT2D eigenvalue weighted by atomic mass is 9.99. The number of hydrogen-bond acceptors (Lipinski definition) is 4. The molecule has 1 saturated heterocycles. The molecule has 1 amide bonds. The number of pyridine rings is 1. The van der Waals surface area contributed by atoms with Crippen molar-refractivity contribution in [2.24, 2.45) is 0 Å². The number of carbonyl (C=O) groups excluding carboxylic acids is 1. The Balaban J connectivity index is 2.21. The molecule has 2 rings (SSSR count). The van der Waals surface area contributed by atoms with E-state index in [4.69, 9.17) is 0 Å². The van der Waals surface area contributed by atoms with Crippen molar-refractivity contribution in [2.45, 2.75) is 12.0 Å². The van der Waals surface area contributed by atoms with Crippen LogP contribution in [-0.2, 0) is 4.79 Å². The molecule has 1 unspecified atom stereocenters. The van der Waals surface area contributed by atoms with Crippen molar-refractivity contribution in [1.29, 1.82) is 0 Å². The lowest BCUT2D eigenvalue weighted by Gasteiger charge is -2.24. The Hall–Kier alpha value is -1.08. The van der Waals surface area contributed by atoms with E-state index in [9.17, 15) is 14.7 Å². The van der Waals surface area contributed by atoms with E-state index in [2.05, 4.69) is 26.2 Å². The number of rotatable bonds is 3. The Morgan fingerprint density at radius 2 is 2.33 bits per heavy atom. The number of hydrogen-bond donors (Lipinski definition) is 2. The van der Waals surface area contributed by atoms with Gasteiger partial charge in [-0.2, -0.15) is 11.8 Å². The smallest absolute Gasteiger partial charge is 0.330 e. The van der Waals surface area contributed by atoms with Crippen molar-refractivity contribution in [3.63, 3.8) is 0 Å². The number of aromatic nitrogens is 1. The van der Waals surface area contributed by atoms with Gasteiger partial charge in [-0.05, 0) is 40.2 Å². The van der Waals surface area contributed by atoms with Crippen molar-refractivity contribution in [3.05, 3.63) is 28.5 Å². The number of amides is 1. The van der Waals surface area contributed by atoms with Crippen LogP contribution in [0.5, 0.6) is 0 Å². The molecule has 1 atom stereocenters. The van der Waals surface area contributed by atoms with Crippen LogP contribution in [0.1, 0.15) is 16.9 Å². The summed E-state index contributed by atoms with van der Waals surface area (Å²) in [5.74, 6) is -0.339. The Morgan fingerprint density at radius 3 is 2.89 bits per heavy atom. The fourth-order valence-corrected chi connectivity index (χ4v) is 3.48. The fraction of sp³-hybridized carbons (Fsp3) is 0.364. The highest BCUT2D eigenvalue weighted by molar-refractivity contribution is 9.10. The molecule has 0 spiro atoms. The van der Waals surface area contributed by atoms with E-state index in [-0.39, 0.29) is 5.69 Å². The average Bonchev–Trinajstić information content (AvgIpc) is 2.79. The molecule has 7 heteroatoms. The number of halogens is 1. The normalized spacial score (nSPS) is 22.7. The van der Waals surface area contributed by atoms with Crippen LogP contribution >= 0.6 is 27.7 Å². The van der Waals surface area contributed by atoms with Crippen molar-refractivity contribution < 1.29 is 14.7 Å². The van der Waals surface area contributed by atoms with Gasteiger partial charge in [0.25, 0.3) is 5.91 Å². The summed E-state index contributed by atoms with van der Waals surface area (Å²) in [6.45, 7) is 0. The van der Waals surface area contributed by atoms with E-state index in [1.807, 2.05) is 0 Å². The van der Waals surface area contributed by atoms with Gasteiger partial charge in [0.1, 0.15) is 11.2 Å².